The summed E-state index contributed by atoms with van der Waals surface area (Å²) < 4.78 is 10.2. The molecule has 8 heteroatoms. The standard InChI is InChI=1S/C20H21N5OS2/c1-14-5-2-8-24-11-15(21-18(14)24)13-28-20-23-22-19(17-7-4-10-27-17)25(20)12-16-6-3-9-26-16/h2,4-5,7-8,10-11,16H,3,6,9,12-13H2,1H3. The van der Waals surface area contributed by atoms with E-state index in [-0.39, 0.29) is 6.10 Å². The number of fused-ring (bicyclic) bond motifs is 1. The van der Waals surface area contributed by atoms with Crippen LogP contribution in [-0.4, -0.2) is 36.9 Å². The van der Waals surface area contributed by atoms with E-state index in [4.69, 9.17) is 9.72 Å². The maximum Gasteiger partial charge on any atom is 0.191 e. The van der Waals surface area contributed by atoms with Crippen molar-refractivity contribution in [2.24, 2.45) is 0 Å². The van der Waals surface area contributed by atoms with E-state index >= 15 is 0 Å². The Labute approximate surface area is 171 Å². The van der Waals surface area contributed by atoms with Crippen LogP contribution in [0.2, 0.25) is 0 Å². The minimum absolute atomic E-state index is 0.243. The number of pyridine rings is 1. The molecular formula is C20H21N5OS2. The summed E-state index contributed by atoms with van der Waals surface area (Å²) >= 11 is 3.38. The fraction of sp³-hybridized carbons (Fsp3) is 0.350. The maximum atomic E-state index is 5.87. The molecule has 0 bridgehead atoms. The summed E-state index contributed by atoms with van der Waals surface area (Å²) in [4.78, 5) is 5.92. The lowest BCUT2D eigenvalue weighted by molar-refractivity contribution is 0.0953. The first-order chi connectivity index (χ1) is 13.8. The highest BCUT2D eigenvalue weighted by Crippen LogP contribution is 2.30. The topological polar surface area (TPSA) is 57.2 Å². The van der Waals surface area contributed by atoms with Gasteiger partial charge in [0.2, 0.25) is 0 Å². The Kier molecular flexibility index (Phi) is 4.92. The minimum atomic E-state index is 0.243. The van der Waals surface area contributed by atoms with E-state index in [0.29, 0.717) is 0 Å². The molecule has 6 nitrogen and oxygen atoms in total. The van der Waals surface area contributed by atoms with Gasteiger partial charge in [0, 0.05) is 24.8 Å². The lowest BCUT2D eigenvalue weighted by Crippen LogP contribution is -2.16. The van der Waals surface area contributed by atoms with Gasteiger partial charge >= 0.3 is 0 Å². The van der Waals surface area contributed by atoms with Gasteiger partial charge in [-0.1, -0.05) is 23.9 Å². The van der Waals surface area contributed by atoms with E-state index < -0.39 is 0 Å². The molecular weight excluding hydrogens is 390 g/mol. The molecule has 1 atom stereocenters. The molecule has 1 aliphatic heterocycles. The molecule has 0 saturated carbocycles. The molecule has 144 valence electrons. The number of hydrogen-bond acceptors (Lipinski definition) is 6. The fourth-order valence-corrected chi connectivity index (χ4v) is 5.10. The molecule has 0 aliphatic carbocycles. The number of ether oxygens (including phenoxy) is 1. The summed E-state index contributed by atoms with van der Waals surface area (Å²) in [6.07, 6.45) is 6.60. The smallest absolute Gasteiger partial charge is 0.191 e. The van der Waals surface area contributed by atoms with Gasteiger partial charge < -0.3 is 9.14 Å². The van der Waals surface area contributed by atoms with E-state index in [9.17, 15) is 0 Å². The van der Waals surface area contributed by atoms with Crippen LogP contribution in [0.4, 0.5) is 0 Å². The average molecular weight is 412 g/mol. The largest absolute Gasteiger partial charge is 0.376 e. The molecule has 1 saturated heterocycles. The molecule has 1 fully saturated rings. The van der Waals surface area contributed by atoms with Gasteiger partial charge in [0.15, 0.2) is 11.0 Å². The third-order valence-electron chi connectivity index (χ3n) is 4.95. The molecule has 0 amide bonds. The summed E-state index contributed by atoms with van der Waals surface area (Å²) in [6, 6.07) is 8.29. The summed E-state index contributed by atoms with van der Waals surface area (Å²) in [5.41, 5.74) is 3.24. The van der Waals surface area contributed by atoms with Crippen LogP contribution in [0.1, 0.15) is 24.1 Å². The first kappa shape index (κ1) is 17.9. The zero-order valence-electron chi connectivity index (χ0n) is 15.6. The van der Waals surface area contributed by atoms with Crippen molar-refractivity contribution in [1.29, 1.82) is 0 Å². The van der Waals surface area contributed by atoms with E-state index in [1.807, 2.05) is 12.3 Å². The number of thiophene rings is 1. The van der Waals surface area contributed by atoms with Crippen LogP contribution in [0, 0.1) is 6.92 Å². The maximum absolute atomic E-state index is 5.87. The fourth-order valence-electron chi connectivity index (χ4n) is 3.55. The lowest BCUT2D eigenvalue weighted by atomic mass is 10.2. The van der Waals surface area contributed by atoms with Gasteiger partial charge in [-0.2, -0.15) is 0 Å². The van der Waals surface area contributed by atoms with Crippen LogP contribution < -0.4 is 0 Å². The molecule has 0 radical (unpaired) electrons. The quantitative estimate of drug-likeness (QED) is 0.439. The Morgan fingerprint density at radius 2 is 2.25 bits per heavy atom. The lowest BCUT2D eigenvalue weighted by Gasteiger charge is -2.14. The molecule has 5 heterocycles. The van der Waals surface area contributed by atoms with E-state index in [1.54, 1.807) is 23.1 Å². The predicted octanol–water partition coefficient (Wildman–Crippen LogP) is 4.43. The third-order valence-corrected chi connectivity index (χ3v) is 6.81. The minimum Gasteiger partial charge on any atom is -0.376 e. The predicted molar refractivity (Wildman–Crippen MR) is 112 cm³/mol. The van der Waals surface area contributed by atoms with Crippen molar-refractivity contribution in [3.05, 3.63) is 53.3 Å². The van der Waals surface area contributed by atoms with E-state index in [0.717, 1.165) is 58.9 Å². The van der Waals surface area contributed by atoms with Crippen molar-refractivity contribution in [2.45, 2.75) is 43.3 Å². The zero-order chi connectivity index (χ0) is 18.9. The van der Waals surface area contributed by atoms with Gasteiger partial charge in [0.25, 0.3) is 0 Å². The number of hydrogen-bond donors (Lipinski definition) is 0. The van der Waals surface area contributed by atoms with Crippen molar-refractivity contribution in [1.82, 2.24) is 24.1 Å². The number of nitrogens with zero attached hydrogens (tertiary/aromatic N) is 5. The van der Waals surface area contributed by atoms with Gasteiger partial charge in [-0.25, -0.2) is 4.98 Å². The number of imidazole rings is 1. The van der Waals surface area contributed by atoms with Crippen molar-refractivity contribution < 1.29 is 4.74 Å². The Morgan fingerprint density at radius 3 is 3.04 bits per heavy atom. The first-order valence-electron chi connectivity index (χ1n) is 9.42. The summed E-state index contributed by atoms with van der Waals surface area (Å²) in [5, 5.41) is 12.0. The second-order valence-electron chi connectivity index (χ2n) is 6.97. The van der Waals surface area contributed by atoms with Gasteiger partial charge in [0.05, 0.1) is 23.2 Å². The van der Waals surface area contributed by atoms with Crippen LogP contribution in [0.25, 0.3) is 16.3 Å². The Bertz CT molecular complexity index is 1080. The van der Waals surface area contributed by atoms with Gasteiger partial charge in [-0.05, 0) is 42.8 Å². The molecule has 0 spiro atoms. The molecule has 5 rings (SSSR count). The summed E-state index contributed by atoms with van der Waals surface area (Å²) in [7, 11) is 0. The van der Waals surface area contributed by atoms with Gasteiger partial charge in [0.1, 0.15) is 5.65 Å². The number of thioether (sulfide) groups is 1. The second kappa shape index (κ2) is 7.69. The van der Waals surface area contributed by atoms with E-state index in [1.165, 1.54) is 5.56 Å². The van der Waals surface area contributed by atoms with Crippen molar-refractivity contribution in [3.8, 4) is 10.7 Å². The van der Waals surface area contributed by atoms with Gasteiger partial charge in [-0.3, -0.25) is 4.57 Å². The first-order valence-corrected chi connectivity index (χ1v) is 11.3. The molecule has 28 heavy (non-hydrogen) atoms. The zero-order valence-corrected chi connectivity index (χ0v) is 17.2. The van der Waals surface area contributed by atoms with Crippen molar-refractivity contribution in [3.63, 3.8) is 0 Å². The Hall–Kier alpha value is -2.16. The second-order valence-corrected chi connectivity index (χ2v) is 8.86. The average Bonchev–Trinajstić information content (AvgIpc) is 3.48. The molecule has 0 N–H and O–H groups in total. The van der Waals surface area contributed by atoms with Gasteiger partial charge in [-0.15, -0.1) is 21.5 Å². The van der Waals surface area contributed by atoms with Crippen LogP contribution in [-0.2, 0) is 17.0 Å². The number of aromatic nitrogens is 5. The number of rotatable bonds is 6. The number of aryl methyl sites for hydroxylation is 1. The van der Waals surface area contributed by atoms with Crippen LogP contribution in [0.5, 0.6) is 0 Å². The van der Waals surface area contributed by atoms with E-state index in [2.05, 4.69) is 55.9 Å². The SMILES string of the molecule is Cc1cccn2cc(CSc3nnc(-c4cccs4)n3CC3CCCO3)nc12. The highest BCUT2D eigenvalue weighted by atomic mass is 32.2. The molecule has 1 unspecified atom stereocenters. The highest BCUT2D eigenvalue weighted by molar-refractivity contribution is 7.98. The monoisotopic (exact) mass is 411 g/mol. The third kappa shape index (κ3) is 3.47. The van der Waals surface area contributed by atoms with Crippen molar-refractivity contribution in [2.75, 3.05) is 6.61 Å². The highest BCUT2D eigenvalue weighted by Gasteiger charge is 2.22. The van der Waals surface area contributed by atoms with Crippen LogP contribution in [0.3, 0.4) is 0 Å². The summed E-state index contributed by atoms with van der Waals surface area (Å²) in [6.45, 7) is 3.74. The normalized spacial score (nSPS) is 17.0. The Balaban J connectivity index is 1.41. The van der Waals surface area contributed by atoms with Crippen LogP contribution >= 0.6 is 23.1 Å². The molecule has 4 aromatic heterocycles. The van der Waals surface area contributed by atoms with Crippen molar-refractivity contribution >= 4 is 28.7 Å². The molecule has 4 aromatic rings. The molecule has 1 aliphatic rings. The van der Waals surface area contributed by atoms with Crippen LogP contribution in [0.15, 0.2) is 47.2 Å². The molecule has 0 aromatic carbocycles. The Morgan fingerprint density at radius 1 is 1.29 bits per heavy atom. The summed E-state index contributed by atoms with van der Waals surface area (Å²) in [5.74, 6) is 1.69.